The van der Waals surface area contributed by atoms with Gasteiger partial charge in [-0.1, -0.05) is 5.16 Å². The summed E-state index contributed by atoms with van der Waals surface area (Å²) in [4.78, 5) is 12.0. The standard InChI is InChI=1S/C11H17N3O2/c1-7-8(2)14-16-9(7)13-10(15)11(3)5-4-6-12-11/h12H,4-6H2,1-3H3,(H,13,15). The molecule has 0 spiro atoms. The zero-order chi connectivity index (χ0) is 11.8. The van der Waals surface area contributed by atoms with Crippen molar-refractivity contribution in [2.75, 3.05) is 11.9 Å². The number of amides is 1. The van der Waals surface area contributed by atoms with Gasteiger partial charge >= 0.3 is 0 Å². The molecule has 0 radical (unpaired) electrons. The first kappa shape index (κ1) is 11.1. The van der Waals surface area contributed by atoms with E-state index in [9.17, 15) is 4.79 Å². The summed E-state index contributed by atoms with van der Waals surface area (Å²) in [6, 6.07) is 0. The van der Waals surface area contributed by atoms with Crippen LogP contribution in [0.3, 0.4) is 0 Å². The van der Waals surface area contributed by atoms with Crippen LogP contribution in [-0.4, -0.2) is 23.1 Å². The summed E-state index contributed by atoms with van der Waals surface area (Å²) in [5.74, 6) is 0.404. The lowest BCUT2D eigenvalue weighted by atomic mass is 9.99. The molecule has 0 aliphatic carbocycles. The minimum atomic E-state index is -0.479. The summed E-state index contributed by atoms with van der Waals surface area (Å²) in [7, 11) is 0. The molecule has 1 atom stereocenters. The molecule has 0 saturated carbocycles. The molecule has 2 heterocycles. The Hall–Kier alpha value is -1.36. The minimum absolute atomic E-state index is 0.0516. The lowest BCUT2D eigenvalue weighted by molar-refractivity contribution is -0.121. The van der Waals surface area contributed by atoms with Crippen LogP contribution < -0.4 is 10.6 Å². The molecule has 1 aliphatic rings. The van der Waals surface area contributed by atoms with E-state index >= 15 is 0 Å². The van der Waals surface area contributed by atoms with Gasteiger partial charge in [-0.05, 0) is 40.2 Å². The molecule has 1 aromatic heterocycles. The van der Waals surface area contributed by atoms with Gasteiger partial charge in [0.05, 0.1) is 11.2 Å². The van der Waals surface area contributed by atoms with Gasteiger partial charge in [-0.25, -0.2) is 0 Å². The van der Waals surface area contributed by atoms with Gasteiger partial charge in [0.1, 0.15) is 0 Å². The van der Waals surface area contributed by atoms with Gasteiger partial charge in [0.25, 0.3) is 0 Å². The Bertz CT molecular complexity index is 405. The second kappa shape index (κ2) is 3.90. The number of rotatable bonds is 2. The van der Waals surface area contributed by atoms with Gasteiger partial charge in [0, 0.05) is 5.56 Å². The highest BCUT2D eigenvalue weighted by Gasteiger charge is 2.36. The Balaban J connectivity index is 2.10. The second-order valence-electron chi connectivity index (χ2n) is 4.54. The molecular formula is C11H17N3O2. The van der Waals surface area contributed by atoms with Gasteiger partial charge < -0.3 is 9.84 Å². The molecule has 0 bridgehead atoms. The predicted octanol–water partition coefficient (Wildman–Crippen LogP) is 1.37. The summed E-state index contributed by atoms with van der Waals surface area (Å²) in [6.45, 7) is 6.53. The molecule has 5 nitrogen and oxygen atoms in total. The van der Waals surface area contributed by atoms with Crippen LogP contribution >= 0.6 is 0 Å². The minimum Gasteiger partial charge on any atom is -0.338 e. The van der Waals surface area contributed by atoms with Gasteiger partial charge in [0.2, 0.25) is 11.8 Å². The van der Waals surface area contributed by atoms with E-state index < -0.39 is 5.54 Å². The largest absolute Gasteiger partial charge is 0.338 e. The fraction of sp³-hybridized carbons (Fsp3) is 0.636. The average Bonchev–Trinajstić information content (AvgIpc) is 2.81. The zero-order valence-corrected chi connectivity index (χ0v) is 9.89. The van der Waals surface area contributed by atoms with Crippen LogP contribution in [0.15, 0.2) is 4.52 Å². The van der Waals surface area contributed by atoms with Crippen molar-refractivity contribution < 1.29 is 9.32 Å². The van der Waals surface area contributed by atoms with Crippen LogP contribution in [0.2, 0.25) is 0 Å². The maximum absolute atomic E-state index is 12.0. The van der Waals surface area contributed by atoms with Crippen molar-refractivity contribution in [2.24, 2.45) is 0 Å². The number of nitrogens with zero attached hydrogens (tertiary/aromatic N) is 1. The topological polar surface area (TPSA) is 67.2 Å². The maximum atomic E-state index is 12.0. The summed E-state index contributed by atoms with van der Waals surface area (Å²) < 4.78 is 5.06. The van der Waals surface area contributed by atoms with Crippen LogP contribution in [0.1, 0.15) is 31.0 Å². The Morgan fingerprint density at radius 3 is 2.81 bits per heavy atom. The fourth-order valence-electron chi connectivity index (χ4n) is 1.86. The third-order valence-corrected chi connectivity index (χ3v) is 3.25. The van der Waals surface area contributed by atoms with Crippen molar-refractivity contribution in [2.45, 2.75) is 39.2 Å². The Labute approximate surface area is 94.6 Å². The molecule has 1 unspecified atom stereocenters. The van der Waals surface area contributed by atoms with E-state index in [4.69, 9.17) is 4.52 Å². The monoisotopic (exact) mass is 223 g/mol. The first-order valence-electron chi connectivity index (χ1n) is 5.52. The SMILES string of the molecule is Cc1noc(NC(=O)C2(C)CCCN2)c1C. The molecular weight excluding hydrogens is 206 g/mol. The fourth-order valence-corrected chi connectivity index (χ4v) is 1.86. The molecule has 88 valence electrons. The summed E-state index contributed by atoms with van der Waals surface area (Å²) in [6.07, 6.45) is 1.88. The zero-order valence-electron chi connectivity index (χ0n) is 9.89. The van der Waals surface area contributed by atoms with E-state index in [1.807, 2.05) is 20.8 Å². The van der Waals surface area contributed by atoms with Crippen LogP contribution in [-0.2, 0) is 4.79 Å². The molecule has 2 N–H and O–H groups in total. The maximum Gasteiger partial charge on any atom is 0.246 e. The molecule has 5 heteroatoms. The summed E-state index contributed by atoms with van der Waals surface area (Å²) in [5.41, 5.74) is 1.21. The van der Waals surface area contributed by atoms with Crippen molar-refractivity contribution in [3.05, 3.63) is 11.3 Å². The highest BCUT2D eigenvalue weighted by molar-refractivity contribution is 5.97. The number of nitrogens with one attached hydrogen (secondary N) is 2. The molecule has 1 aliphatic heterocycles. The number of carbonyl (C=O) groups excluding carboxylic acids is 1. The average molecular weight is 223 g/mol. The molecule has 2 rings (SSSR count). The number of hydrogen-bond donors (Lipinski definition) is 2. The van der Waals surface area contributed by atoms with E-state index in [2.05, 4.69) is 15.8 Å². The van der Waals surface area contributed by atoms with E-state index in [0.29, 0.717) is 5.88 Å². The molecule has 1 amide bonds. The quantitative estimate of drug-likeness (QED) is 0.794. The third kappa shape index (κ3) is 1.82. The normalized spacial score (nSPS) is 24.7. The Morgan fingerprint density at radius 2 is 2.31 bits per heavy atom. The lowest BCUT2D eigenvalue weighted by Crippen LogP contribution is -2.48. The van der Waals surface area contributed by atoms with Crippen molar-refractivity contribution in [1.29, 1.82) is 0 Å². The Morgan fingerprint density at radius 1 is 1.56 bits per heavy atom. The lowest BCUT2D eigenvalue weighted by Gasteiger charge is -2.22. The van der Waals surface area contributed by atoms with Gasteiger partial charge in [-0.3, -0.25) is 10.1 Å². The molecule has 1 fully saturated rings. The second-order valence-corrected chi connectivity index (χ2v) is 4.54. The third-order valence-electron chi connectivity index (χ3n) is 3.25. The van der Waals surface area contributed by atoms with Crippen LogP contribution in [0.5, 0.6) is 0 Å². The van der Waals surface area contributed by atoms with Crippen LogP contribution in [0.25, 0.3) is 0 Å². The number of carbonyl (C=O) groups is 1. The summed E-state index contributed by atoms with van der Waals surface area (Å²) in [5, 5.41) is 9.80. The van der Waals surface area contributed by atoms with Crippen molar-refractivity contribution in [3.8, 4) is 0 Å². The van der Waals surface area contributed by atoms with Gasteiger partial charge in [-0.2, -0.15) is 0 Å². The van der Waals surface area contributed by atoms with E-state index in [1.54, 1.807) is 0 Å². The van der Waals surface area contributed by atoms with E-state index in [1.165, 1.54) is 0 Å². The first-order chi connectivity index (χ1) is 7.53. The van der Waals surface area contributed by atoms with Crippen LogP contribution in [0.4, 0.5) is 5.88 Å². The molecule has 1 aromatic rings. The number of aryl methyl sites for hydroxylation is 1. The smallest absolute Gasteiger partial charge is 0.246 e. The van der Waals surface area contributed by atoms with Gasteiger partial charge in [-0.15, -0.1) is 0 Å². The predicted molar refractivity (Wildman–Crippen MR) is 60.2 cm³/mol. The van der Waals surface area contributed by atoms with E-state index in [-0.39, 0.29) is 5.91 Å². The summed E-state index contributed by atoms with van der Waals surface area (Å²) >= 11 is 0. The van der Waals surface area contributed by atoms with Crippen LogP contribution in [0, 0.1) is 13.8 Å². The highest BCUT2D eigenvalue weighted by atomic mass is 16.5. The van der Waals surface area contributed by atoms with Crippen molar-refractivity contribution >= 4 is 11.8 Å². The molecule has 1 saturated heterocycles. The molecule has 16 heavy (non-hydrogen) atoms. The van der Waals surface area contributed by atoms with E-state index in [0.717, 1.165) is 30.6 Å². The number of hydrogen-bond acceptors (Lipinski definition) is 4. The Kier molecular flexibility index (Phi) is 2.71. The highest BCUT2D eigenvalue weighted by Crippen LogP contribution is 2.23. The number of anilines is 1. The first-order valence-corrected chi connectivity index (χ1v) is 5.52. The molecule has 0 aromatic carbocycles. The van der Waals surface area contributed by atoms with Crippen molar-refractivity contribution in [3.63, 3.8) is 0 Å². The number of aromatic nitrogens is 1. The van der Waals surface area contributed by atoms with Crippen molar-refractivity contribution in [1.82, 2.24) is 10.5 Å². The van der Waals surface area contributed by atoms with Gasteiger partial charge in [0.15, 0.2) is 0 Å².